The van der Waals surface area contributed by atoms with Crippen LogP contribution in [0.4, 0.5) is 0 Å². The molecule has 1 atom stereocenters. The molecule has 0 aliphatic rings. The molecule has 134 valence electrons. The molecule has 0 spiro atoms. The Kier molecular flexibility index (Phi) is 6.00. The fourth-order valence-corrected chi connectivity index (χ4v) is 2.01. The summed E-state index contributed by atoms with van der Waals surface area (Å²) in [5.74, 6) is -2.71. The van der Waals surface area contributed by atoms with E-state index < -0.39 is 35.1 Å². The van der Waals surface area contributed by atoms with Crippen molar-refractivity contribution in [3.8, 4) is 5.75 Å². The molecule has 1 aromatic carbocycles. The van der Waals surface area contributed by atoms with Crippen molar-refractivity contribution in [2.75, 3.05) is 0 Å². The summed E-state index contributed by atoms with van der Waals surface area (Å²) in [6.45, 7) is 10.3. The van der Waals surface area contributed by atoms with E-state index in [4.69, 9.17) is 15.2 Å². The molecular weight excluding hydrogens is 310 g/mol. The highest BCUT2D eigenvalue weighted by Gasteiger charge is 2.40. The molecular formula is C18H27NO5. The SMILES string of the molecule is CC(C)(C)OC(=O)C(C(=O)OC(C)(C)C)C(N)c1ccc(O)cc1. The lowest BCUT2D eigenvalue weighted by molar-refractivity contribution is -0.175. The Labute approximate surface area is 142 Å². The van der Waals surface area contributed by atoms with Gasteiger partial charge in [0.15, 0.2) is 5.92 Å². The van der Waals surface area contributed by atoms with Gasteiger partial charge in [-0.15, -0.1) is 0 Å². The number of carbonyl (C=O) groups excluding carboxylic acids is 2. The second kappa shape index (κ2) is 7.21. The first-order valence-electron chi connectivity index (χ1n) is 7.80. The quantitative estimate of drug-likeness (QED) is 0.647. The van der Waals surface area contributed by atoms with Gasteiger partial charge in [-0.2, -0.15) is 0 Å². The number of hydrogen-bond donors (Lipinski definition) is 2. The number of phenols is 1. The topological polar surface area (TPSA) is 98.9 Å². The number of ether oxygens (including phenoxy) is 2. The fraction of sp³-hybridized carbons (Fsp3) is 0.556. The van der Waals surface area contributed by atoms with Crippen molar-refractivity contribution in [2.24, 2.45) is 11.7 Å². The maximum atomic E-state index is 12.5. The molecule has 0 aromatic heterocycles. The number of hydrogen-bond acceptors (Lipinski definition) is 6. The van der Waals surface area contributed by atoms with Crippen LogP contribution in [0.2, 0.25) is 0 Å². The second-order valence-electron chi connectivity index (χ2n) is 7.66. The molecule has 1 aromatic rings. The summed E-state index contributed by atoms with van der Waals surface area (Å²) in [6.07, 6.45) is 0. The van der Waals surface area contributed by atoms with Crippen LogP contribution in [0, 0.1) is 5.92 Å². The molecule has 0 radical (unpaired) electrons. The van der Waals surface area contributed by atoms with Gasteiger partial charge in [0.2, 0.25) is 0 Å². The van der Waals surface area contributed by atoms with Crippen molar-refractivity contribution >= 4 is 11.9 Å². The molecule has 1 rings (SSSR count). The first-order valence-corrected chi connectivity index (χ1v) is 7.80. The lowest BCUT2D eigenvalue weighted by Gasteiger charge is -2.29. The van der Waals surface area contributed by atoms with Gasteiger partial charge in [0.1, 0.15) is 17.0 Å². The molecule has 24 heavy (non-hydrogen) atoms. The van der Waals surface area contributed by atoms with E-state index >= 15 is 0 Å². The van der Waals surface area contributed by atoms with Crippen LogP contribution >= 0.6 is 0 Å². The molecule has 0 fully saturated rings. The Bertz CT molecular complexity index is 553. The van der Waals surface area contributed by atoms with Gasteiger partial charge in [-0.1, -0.05) is 12.1 Å². The van der Waals surface area contributed by atoms with Gasteiger partial charge in [0.25, 0.3) is 0 Å². The Morgan fingerprint density at radius 2 is 1.29 bits per heavy atom. The van der Waals surface area contributed by atoms with Gasteiger partial charge in [-0.25, -0.2) is 0 Å². The standard InChI is InChI=1S/C18H27NO5/c1-17(2,3)23-15(21)13(16(22)24-18(4,5)6)14(19)11-7-9-12(20)10-8-11/h7-10,13-14,20H,19H2,1-6H3. The smallest absolute Gasteiger partial charge is 0.322 e. The third-order valence-electron chi connectivity index (χ3n) is 2.96. The molecule has 0 aliphatic carbocycles. The Balaban J connectivity index is 3.14. The van der Waals surface area contributed by atoms with Crippen LogP contribution in [-0.4, -0.2) is 28.2 Å². The highest BCUT2D eigenvalue weighted by Crippen LogP contribution is 2.27. The van der Waals surface area contributed by atoms with Gasteiger partial charge >= 0.3 is 11.9 Å². The number of carbonyl (C=O) groups is 2. The van der Waals surface area contributed by atoms with Crippen LogP contribution in [0.1, 0.15) is 53.1 Å². The number of aromatic hydroxyl groups is 1. The van der Waals surface area contributed by atoms with Crippen LogP contribution in [0.5, 0.6) is 5.75 Å². The molecule has 0 saturated heterocycles. The van der Waals surface area contributed by atoms with Gasteiger partial charge in [-0.05, 0) is 59.2 Å². The third-order valence-corrected chi connectivity index (χ3v) is 2.96. The van der Waals surface area contributed by atoms with Crippen molar-refractivity contribution in [2.45, 2.75) is 58.8 Å². The largest absolute Gasteiger partial charge is 0.508 e. The molecule has 6 nitrogen and oxygen atoms in total. The Morgan fingerprint density at radius 3 is 1.62 bits per heavy atom. The van der Waals surface area contributed by atoms with Crippen molar-refractivity contribution in [3.63, 3.8) is 0 Å². The minimum atomic E-state index is -1.30. The Morgan fingerprint density at radius 1 is 0.917 bits per heavy atom. The van der Waals surface area contributed by atoms with Gasteiger partial charge in [0, 0.05) is 0 Å². The van der Waals surface area contributed by atoms with Crippen LogP contribution < -0.4 is 5.73 Å². The number of rotatable bonds is 4. The first-order chi connectivity index (χ1) is 10.8. The molecule has 3 N–H and O–H groups in total. The van der Waals surface area contributed by atoms with Gasteiger partial charge in [-0.3, -0.25) is 9.59 Å². The van der Waals surface area contributed by atoms with Crippen LogP contribution in [0.15, 0.2) is 24.3 Å². The minimum Gasteiger partial charge on any atom is -0.508 e. The number of phenolic OH excluding ortho intramolecular Hbond substituents is 1. The molecule has 1 unspecified atom stereocenters. The molecule has 0 amide bonds. The van der Waals surface area contributed by atoms with E-state index in [1.54, 1.807) is 53.7 Å². The average Bonchev–Trinajstić information content (AvgIpc) is 2.34. The van der Waals surface area contributed by atoms with Crippen molar-refractivity contribution in [1.29, 1.82) is 0 Å². The summed E-state index contributed by atoms with van der Waals surface area (Å²) in [5, 5.41) is 9.38. The van der Waals surface area contributed by atoms with E-state index in [1.807, 2.05) is 0 Å². The zero-order valence-electron chi connectivity index (χ0n) is 15.1. The van der Waals surface area contributed by atoms with E-state index in [9.17, 15) is 14.7 Å². The predicted octanol–water partition coefficient (Wildman–Crippen LogP) is 2.69. The minimum absolute atomic E-state index is 0.0667. The summed E-state index contributed by atoms with van der Waals surface area (Å²) in [4.78, 5) is 25.0. The number of benzene rings is 1. The summed E-state index contributed by atoms with van der Waals surface area (Å²) in [6, 6.07) is 5.05. The lowest BCUT2D eigenvalue weighted by atomic mass is 9.93. The monoisotopic (exact) mass is 337 g/mol. The lowest BCUT2D eigenvalue weighted by Crippen LogP contribution is -2.42. The molecule has 6 heteroatoms. The fourth-order valence-electron chi connectivity index (χ4n) is 2.01. The van der Waals surface area contributed by atoms with Crippen LogP contribution in [0.25, 0.3) is 0 Å². The summed E-state index contributed by atoms with van der Waals surface area (Å²) in [5.41, 5.74) is 5.15. The van der Waals surface area contributed by atoms with Crippen LogP contribution in [-0.2, 0) is 19.1 Å². The summed E-state index contributed by atoms with van der Waals surface area (Å²) in [7, 11) is 0. The molecule has 0 bridgehead atoms. The van der Waals surface area contributed by atoms with E-state index in [0.717, 1.165) is 0 Å². The van der Waals surface area contributed by atoms with E-state index in [0.29, 0.717) is 5.56 Å². The molecule has 0 heterocycles. The van der Waals surface area contributed by atoms with Crippen molar-refractivity contribution < 1.29 is 24.2 Å². The van der Waals surface area contributed by atoms with E-state index in [-0.39, 0.29) is 5.75 Å². The van der Waals surface area contributed by atoms with Crippen molar-refractivity contribution in [3.05, 3.63) is 29.8 Å². The zero-order chi connectivity index (χ0) is 18.7. The predicted molar refractivity (Wildman–Crippen MR) is 90.2 cm³/mol. The number of esters is 2. The maximum Gasteiger partial charge on any atom is 0.322 e. The summed E-state index contributed by atoms with van der Waals surface area (Å²) >= 11 is 0. The maximum absolute atomic E-state index is 12.5. The zero-order valence-corrected chi connectivity index (χ0v) is 15.1. The summed E-state index contributed by atoms with van der Waals surface area (Å²) < 4.78 is 10.7. The highest BCUT2D eigenvalue weighted by atomic mass is 16.6. The van der Waals surface area contributed by atoms with Gasteiger partial charge < -0.3 is 20.3 Å². The third kappa shape index (κ3) is 6.20. The first kappa shape index (κ1) is 20.0. The van der Waals surface area contributed by atoms with Crippen LogP contribution in [0.3, 0.4) is 0 Å². The van der Waals surface area contributed by atoms with E-state index in [1.165, 1.54) is 12.1 Å². The molecule has 0 saturated carbocycles. The normalized spacial score (nSPS) is 13.5. The second-order valence-corrected chi connectivity index (χ2v) is 7.66. The highest BCUT2D eigenvalue weighted by molar-refractivity contribution is 5.96. The van der Waals surface area contributed by atoms with E-state index in [2.05, 4.69) is 0 Å². The molecule has 0 aliphatic heterocycles. The Hall–Kier alpha value is -2.08. The van der Waals surface area contributed by atoms with Gasteiger partial charge in [0.05, 0.1) is 6.04 Å². The number of nitrogens with two attached hydrogens (primary N) is 1. The average molecular weight is 337 g/mol. The van der Waals surface area contributed by atoms with Crippen molar-refractivity contribution in [1.82, 2.24) is 0 Å².